The van der Waals surface area contributed by atoms with E-state index in [1.165, 1.54) is 45.3 Å². The second kappa shape index (κ2) is 7.40. The second-order valence-corrected chi connectivity index (χ2v) is 7.45. The largest absolute Gasteiger partial charge is 0.374 e. The average molecular weight is 295 g/mol. The first-order valence-electron chi connectivity index (χ1n) is 9.04. The van der Waals surface area contributed by atoms with Crippen molar-refractivity contribution in [3.63, 3.8) is 0 Å². The Morgan fingerprint density at radius 1 is 1.14 bits per heavy atom. The number of ether oxygens (including phenoxy) is 1. The van der Waals surface area contributed by atoms with Gasteiger partial charge in [0.25, 0.3) is 0 Å². The van der Waals surface area contributed by atoms with Crippen molar-refractivity contribution in [3.05, 3.63) is 0 Å². The summed E-state index contributed by atoms with van der Waals surface area (Å²) in [4.78, 5) is 5.23. The van der Waals surface area contributed by atoms with Gasteiger partial charge in [0.15, 0.2) is 0 Å². The van der Waals surface area contributed by atoms with Gasteiger partial charge in [-0.25, -0.2) is 0 Å². The van der Waals surface area contributed by atoms with E-state index in [0.717, 1.165) is 38.2 Å². The summed E-state index contributed by atoms with van der Waals surface area (Å²) in [5, 5.41) is 3.71. The summed E-state index contributed by atoms with van der Waals surface area (Å²) in [5.41, 5.74) is 0. The van der Waals surface area contributed by atoms with E-state index in [2.05, 4.69) is 29.0 Å². The van der Waals surface area contributed by atoms with Gasteiger partial charge in [-0.3, -0.25) is 4.90 Å². The molecule has 0 aromatic heterocycles. The van der Waals surface area contributed by atoms with Crippen LogP contribution in [0, 0.1) is 5.92 Å². The van der Waals surface area contributed by atoms with Gasteiger partial charge in [-0.05, 0) is 58.5 Å². The van der Waals surface area contributed by atoms with Crippen LogP contribution in [0.15, 0.2) is 0 Å². The molecule has 0 saturated carbocycles. The van der Waals surface area contributed by atoms with Gasteiger partial charge in [0, 0.05) is 38.3 Å². The third kappa shape index (κ3) is 4.19. The first kappa shape index (κ1) is 15.7. The molecule has 1 N–H and O–H groups in total. The lowest BCUT2D eigenvalue weighted by Crippen LogP contribution is -2.52. The van der Waals surface area contributed by atoms with Gasteiger partial charge in [-0.2, -0.15) is 0 Å². The summed E-state index contributed by atoms with van der Waals surface area (Å²) in [6, 6.07) is 1.43. The van der Waals surface area contributed by atoms with Crippen molar-refractivity contribution in [2.24, 2.45) is 5.92 Å². The molecule has 3 aliphatic heterocycles. The smallest absolute Gasteiger partial charge is 0.0829 e. The van der Waals surface area contributed by atoms with Gasteiger partial charge < -0.3 is 15.0 Å². The lowest BCUT2D eigenvalue weighted by molar-refractivity contribution is -0.0566. The summed E-state index contributed by atoms with van der Waals surface area (Å²) < 4.78 is 6.02. The Hall–Kier alpha value is -0.160. The van der Waals surface area contributed by atoms with Crippen LogP contribution in [0.4, 0.5) is 0 Å². The Morgan fingerprint density at radius 2 is 2.05 bits per heavy atom. The number of piperidine rings is 1. The van der Waals surface area contributed by atoms with Crippen LogP contribution in [0.1, 0.15) is 39.5 Å². The summed E-state index contributed by atoms with van der Waals surface area (Å²) in [7, 11) is 0. The highest BCUT2D eigenvalue weighted by Crippen LogP contribution is 2.25. The minimum absolute atomic E-state index is 0.413. The van der Waals surface area contributed by atoms with Crippen molar-refractivity contribution in [2.75, 3.05) is 45.9 Å². The maximum atomic E-state index is 6.02. The molecule has 0 aromatic carbocycles. The molecule has 4 nitrogen and oxygen atoms in total. The summed E-state index contributed by atoms with van der Waals surface area (Å²) in [6.07, 6.45) is 5.95. The molecule has 0 spiro atoms. The van der Waals surface area contributed by atoms with Crippen LogP contribution < -0.4 is 5.32 Å². The van der Waals surface area contributed by atoms with Crippen molar-refractivity contribution in [3.8, 4) is 0 Å². The number of morpholine rings is 1. The van der Waals surface area contributed by atoms with Crippen LogP contribution in [-0.4, -0.2) is 73.9 Å². The van der Waals surface area contributed by atoms with Crippen LogP contribution in [0.3, 0.4) is 0 Å². The van der Waals surface area contributed by atoms with Crippen LogP contribution in [-0.2, 0) is 4.74 Å². The molecule has 21 heavy (non-hydrogen) atoms. The molecule has 122 valence electrons. The van der Waals surface area contributed by atoms with E-state index in [4.69, 9.17) is 4.74 Å². The molecule has 3 unspecified atom stereocenters. The van der Waals surface area contributed by atoms with Crippen LogP contribution in [0.2, 0.25) is 0 Å². The highest BCUT2D eigenvalue weighted by Gasteiger charge is 2.31. The molecule has 3 atom stereocenters. The number of nitrogens with zero attached hydrogens (tertiary/aromatic N) is 2. The minimum atomic E-state index is 0.413. The first-order valence-corrected chi connectivity index (χ1v) is 9.04. The van der Waals surface area contributed by atoms with Gasteiger partial charge in [0.2, 0.25) is 0 Å². The van der Waals surface area contributed by atoms with E-state index in [1.54, 1.807) is 0 Å². The Labute approximate surface area is 130 Å². The molecule has 3 heterocycles. The summed E-state index contributed by atoms with van der Waals surface area (Å²) in [5.74, 6) is 0.867. The maximum Gasteiger partial charge on any atom is 0.0829 e. The van der Waals surface area contributed by atoms with Gasteiger partial charge in [-0.15, -0.1) is 0 Å². The fourth-order valence-corrected chi connectivity index (χ4v) is 4.31. The zero-order valence-electron chi connectivity index (χ0n) is 13.9. The molecule has 0 aliphatic carbocycles. The predicted octanol–water partition coefficient (Wildman–Crippen LogP) is 1.56. The molecular formula is C17H33N3O. The Bertz CT molecular complexity index is 317. The fourth-order valence-electron chi connectivity index (χ4n) is 4.31. The van der Waals surface area contributed by atoms with E-state index in [9.17, 15) is 0 Å². The third-order valence-electron chi connectivity index (χ3n) is 5.57. The Kier molecular flexibility index (Phi) is 5.54. The van der Waals surface area contributed by atoms with Gasteiger partial charge in [-0.1, -0.05) is 0 Å². The zero-order valence-corrected chi connectivity index (χ0v) is 13.9. The van der Waals surface area contributed by atoms with Crippen molar-refractivity contribution in [2.45, 2.75) is 57.7 Å². The van der Waals surface area contributed by atoms with E-state index >= 15 is 0 Å². The van der Waals surface area contributed by atoms with Crippen molar-refractivity contribution < 1.29 is 4.74 Å². The normalized spacial score (nSPS) is 36.4. The third-order valence-corrected chi connectivity index (χ3v) is 5.57. The Morgan fingerprint density at radius 3 is 2.81 bits per heavy atom. The topological polar surface area (TPSA) is 27.7 Å². The van der Waals surface area contributed by atoms with Crippen LogP contribution in [0.25, 0.3) is 0 Å². The molecule has 3 saturated heterocycles. The highest BCUT2D eigenvalue weighted by molar-refractivity contribution is 4.87. The standard InChI is InChI=1S/C17H33N3O/c1-14(2)20-9-10-21-16(13-20)12-19-8-4-5-15(11-19)17-6-3-7-18-17/h14-18H,3-13H2,1-2H3. The van der Waals surface area contributed by atoms with E-state index < -0.39 is 0 Å². The van der Waals surface area contributed by atoms with Gasteiger partial charge in [0.05, 0.1) is 12.7 Å². The molecule has 0 aromatic rings. The maximum absolute atomic E-state index is 6.02. The summed E-state index contributed by atoms with van der Waals surface area (Å²) >= 11 is 0. The SMILES string of the molecule is CC(C)N1CCOC(CN2CCCC(C3CCCN3)C2)C1. The highest BCUT2D eigenvalue weighted by atomic mass is 16.5. The number of hydrogen-bond acceptors (Lipinski definition) is 4. The molecular weight excluding hydrogens is 262 g/mol. The van der Waals surface area contributed by atoms with E-state index in [0.29, 0.717) is 12.1 Å². The first-order chi connectivity index (χ1) is 10.2. The average Bonchev–Trinajstić information content (AvgIpc) is 3.02. The van der Waals surface area contributed by atoms with Gasteiger partial charge in [0.1, 0.15) is 0 Å². The number of likely N-dealkylation sites (tertiary alicyclic amines) is 1. The van der Waals surface area contributed by atoms with Crippen molar-refractivity contribution in [1.82, 2.24) is 15.1 Å². The summed E-state index contributed by atoms with van der Waals surface area (Å²) in [6.45, 7) is 12.6. The van der Waals surface area contributed by atoms with Crippen molar-refractivity contribution >= 4 is 0 Å². The van der Waals surface area contributed by atoms with E-state index in [1.807, 2.05) is 0 Å². The number of hydrogen-bond donors (Lipinski definition) is 1. The molecule has 3 fully saturated rings. The van der Waals surface area contributed by atoms with Crippen LogP contribution in [0.5, 0.6) is 0 Å². The lowest BCUT2D eigenvalue weighted by atomic mass is 9.89. The molecule has 0 bridgehead atoms. The van der Waals surface area contributed by atoms with E-state index in [-0.39, 0.29) is 0 Å². The quantitative estimate of drug-likeness (QED) is 0.852. The van der Waals surface area contributed by atoms with Crippen LogP contribution >= 0.6 is 0 Å². The van der Waals surface area contributed by atoms with Crippen molar-refractivity contribution in [1.29, 1.82) is 0 Å². The zero-order chi connectivity index (χ0) is 14.7. The number of rotatable bonds is 4. The fraction of sp³-hybridized carbons (Fsp3) is 1.00. The molecule has 3 aliphatic rings. The Balaban J connectivity index is 1.47. The molecule has 0 amide bonds. The molecule has 3 rings (SSSR count). The number of nitrogens with one attached hydrogen (secondary N) is 1. The monoisotopic (exact) mass is 295 g/mol. The molecule has 0 radical (unpaired) electrons. The second-order valence-electron chi connectivity index (χ2n) is 7.45. The van der Waals surface area contributed by atoms with Gasteiger partial charge >= 0.3 is 0 Å². The lowest BCUT2D eigenvalue weighted by Gasteiger charge is -2.41. The predicted molar refractivity (Wildman–Crippen MR) is 86.6 cm³/mol. The molecule has 4 heteroatoms. The minimum Gasteiger partial charge on any atom is -0.374 e.